The molecule has 0 fully saturated rings. The summed E-state index contributed by atoms with van der Waals surface area (Å²) >= 11 is 0. The highest BCUT2D eigenvalue weighted by Gasteiger charge is 2.39. The van der Waals surface area contributed by atoms with Gasteiger partial charge in [0.25, 0.3) is 5.91 Å². The third-order valence-electron chi connectivity index (χ3n) is 2.67. The average Bonchev–Trinajstić information content (AvgIpc) is 2.40. The lowest BCUT2D eigenvalue weighted by molar-refractivity contribution is -0.150. The summed E-state index contributed by atoms with van der Waals surface area (Å²) < 4.78 is 19.7. The van der Waals surface area contributed by atoms with Crippen molar-refractivity contribution in [3.05, 3.63) is 66.2 Å². The molecule has 2 N–H and O–H groups in total. The first kappa shape index (κ1) is 13.1. The van der Waals surface area contributed by atoms with E-state index >= 15 is 0 Å². The molecular formula is C15H14FNO2. The Morgan fingerprint density at radius 1 is 1.05 bits per heavy atom. The number of carbonyl (C=O) groups excluding carboxylic acids is 1. The number of hydrogen-bond donors (Lipinski definition) is 1. The number of ether oxygens (including phenoxy) is 1. The first-order valence-corrected chi connectivity index (χ1v) is 5.87. The van der Waals surface area contributed by atoms with Gasteiger partial charge in [0.15, 0.2) is 0 Å². The Balaban J connectivity index is 2.21. The fraction of sp³-hybridized carbons (Fsp3) is 0.133. The predicted octanol–water partition coefficient (Wildman–Crippen LogP) is 2.46. The van der Waals surface area contributed by atoms with Gasteiger partial charge in [-0.2, -0.15) is 4.39 Å². The second-order valence-corrected chi connectivity index (χ2v) is 4.17. The molecule has 98 valence electrons. The summed E-state index contributed by atoms with van der Waals surface area (Å²) in [6, 6.07) is 17.1. The topological polar surface area (TPSA) is 52.3 Å². The van der Waals surface area contributed by atoms with E-state index in [-0.39, 0.29) is 12.2 Å². The van der Waals surface area contributed by atoms with Crippen LogP contribution in [0.1, 0.15) is 5.56 Å². The minimum Gasteiger partial charge on any atom is -0.449 e. The zero-order chi connectivity index (χ0) is 13.7. The van der Waals surface area contributed by atoms with Crippen LogP contribution in [0.25, 0.3) is 0 Å². The van der Waals surface area contributed by atoms with Crippen LogP contribution in [0.3, 0.4) is 0 Å². The molecule has 1 amide bonds. The van der Waals surface area contributed by atoms with Gasteiger partial charge in [0.05, 0.1) is 6.42 Å². The predicted molar refractivity (Wildman–Crippen MR) is 70.2 cm³/mol. The lowest BCUT2D eigenvalue weighted by atomic mass is 10.1. The smallest absolute Gasteiger partial charge is 0.330 e. The van der Waals surface area contributed by atoms with Crippen LogP contribution < -0.4 is 10.5 Å². The van der Waals surface area contributed by atoms with Crippen molar-refractivity contribution in [1.29, 1.82) is 0 Å². The molecule has 0 aliphatic rings. The Morgan fingerprint density at radius 3 is 2.11 bits per heavy atom. The third-order valence-corrected chi connectivity index (χ3v) is 2.67. The van der Waals surface area contributed by atoms with Crippen LogP contribution >= 0.6 is 0 Å². The Kier molecular flexibility index (Phi) is 3.80. The molecule has 3 nitrogen and oxygen atoms in total. The SMILES string of the molecule is NC(=O)C(F)(Cc1ccccc1)Oc1ccccc1. The monoisotopic (exact) mass is 259 g/mol. The largest absolute Gasteiger partial charge is 0.449 e. The van der Waals surface area contributed by atoms with E-state index in [0.717, 1.165) is 0 Å². The molecule has 0 saturated carbocycles. The number of benzene rings is 2. The molecule has 2 aromatic carbocycles. The Hall–Kier alpha value is -2.36. The zero-order valence-corrected chi connectivity index (χ0v) is 10.3. The van der Waals surface area contributed by atoms with E-state index in [9.17, 15) is 9.18 Å². The molecule has 2 aromatic rings. The summed E-state index contributed by atoms with van der Waals surface area (Å²) in [5.74, 6) is -3.43. The van der Waals surface area contributed by atoms with Crippen LogP contribution in [-0.4, -0.2) is 11.8 Å². The molecule has 0 heterocycles. The van der Waals surface area contributed by atoms with E-state index in [4.69, 9.17) is 10.5 Å². The van der Waals surface area contributed by atoms with Crippen molar-refractivity contribution in [2.75, 3.05) is 0 Å². The van der Waals surface area contributed by atoms with E-state index in [1.807, 2.05) is 6.07 Å². The summed E-state index contributed by atoms with van der Waals surface area (Å²) in [6.07, 6.45) is -0.224. The minimum atomic E-state index is -2.55. The highest BCUT2D eigenvalue weighted by atomic mass is 19.2. The molecule has 0 saturated heterocycles. The third kappa shape index (κ3) is 3.31. The summed E-state index contributed by atoms with van der Waals surface area (Å²) in [5.41, 5.74) is 5.77. The fourth-order valence-electron chi connectivity index (χ4n) is 1.71. The molecule has 4 heteroatoms. The number of carbonyl (C=O) groups is 1. The number of primary amides is 1. The molecule has 19 heavy (non-hydrogen) atoms. The van der Waals surface area contributed by atoms with E-state index in [0.29, 0.717) is 5.56 Å². The first-order chi connectivity index (χ1) is 9.10. The Bertz CT molecular complexity index is 501. The number of rotatable bonds is 5. The lowest BCUT2D eigenvalue weighted by Gasteiger charge is -2.23. The van der Waals surface area contributed by atoms with Crippen LogP contribution in [-0.2, 0) is 11.2 Å². The normalized spacial score (nSPS) is 13.5. The molecule has 0 aliphatic heterocycles. The van der Waals surface area contributed by atoms with Gasteiger partial charge in [0.1, 0.15) is 5.75 Å². The second-order valence-electron chi connectivity index (χ2n) is 4.17. The average molecular weight is 259 g/mol. The van der Waals surface area contributed by atoms with Crippen molar-refractivity contribution in [3.63, 3.8) is 0 Å². The molecule has 1 atom stereocenters. The molecule has 2 rings (SSSR count). The Morgan fingerprint density at radius 2 is 1.58 bits per heavy atom. The van der Waals surface area contributed by atoms with Crippen LogP contribution in [0.4, 0.5) is 4.39 Å². The fourth-order valence-corrected chi connectivity index (χ4v) is 1.71. The number of para-hydroxylation sites is 1. The van der Waals surface area contributed by atoms with Crippen molar-refractivity contribution in [1.82, 2.24) is 0 Å². The molecule has 1 unspecified atom stereocenters. The van der Waals surface area contributed by atoms with Gasteiger partial charge < -0.3 is 10.5 Å². The standard InChI is InChI=1S/C15H14FNO2/c16-15(14(17)18,11-12-7-3-1-4-8-12)19-13-9-5-2-6-10-13/h1-10H,11H2,(H2,17,18). The number of alkyl halides is 1. The highest BCUT2D eigenvalue weighted by molar-refractivity contribution is 5.82. The van der Waals surface area contributed by atoms with Gasteiger partial charge in [-0.15, -0.1) is 0 Å². The van der Waals surface area contributed by atoms with Gasteiger partial charge in [-0.25, -0.2) is 0 Å². The van der Waals surface area contributed by atoms with E-state index in [1.54, 1.807) is 54.6 Å². The quantitative estimate of drug-likeness (QED) is 0.896. The van der Waals surface area contributed by atoms with Crippen LogP contribution in [0.15, 0.2) is 60.7 Å². The molecule has 0 aromatic heterocycles. The van der Waals surface area contributed by atoms with Crippen molar-refractivity contribution >= 4 is 5.91 Å². The maximum atomic E-state index is 14.6. The maximum Gasteiger partial charge on any atom is 0.330 e. The zero-order valence-electron chi connectivity index (χ0n) is 10.3. The molecule has 0 aliphatic carbocycles. The summed E-state index contributed by atoms with van der Waals surface area (Å²) in [6.45, 7) is 0. The lowest BCUT2D eigenvalue weighted by Crippen LogP contribution is -2.46. The van der Waals surface area contributed by atoms with E-state index in [1.165, 1.54) is 0 Å². The van der Waals surface area contributed by atoms with Crippen molar-refractivity contribution in [2.45, 2.75) is 12.3 Å². The molecule has 0 radical (unpaired) electrons. The minimum absolute atomic E-state index is 0.224. The highest BCUT2D eigenvalue weighted by Crippen LogP contribution is 2.23. The molecule has 0 bridgehead atoms. The summed E-state index contributed by atoms with van der Waals surface area (Å²) in [7, 11) is 0. The number of amides is 1. The number of nitrogens with two attached hydrogens (primary N) is 1. The van der Waals surface area contributed by atoms with Crippen molar-refractivity contribution in [3.8, 4) is 5.75 Å². The van der Waals surface area contributed by atoms with E-state index < -0.39 is 11.8 Å². The van der Waals surface area contributed by atoms with Crippen molar-refractivity contribution in [2.24, 2.45) is 5.73 Å². The van der Waals surface area contributed by atoms with Gasteiger partial charge in [0, 0.05) is 0 Å². The van der Waals surface area contributed by atoms with Gasteiger partial charge in [-0.3, -0.25) is 4.79 Å². The van der Waals surface area contributed by atoms with Gasteiger partial charge >= 0.3 is 5.85 Å². The summed E-state index contributed by atoms with van der Waals surface area (Å²) in [5, 5.41) is 0. The van der Waals surface area contributed by atoms with Gasteiger partial charge in [-0.1, -0.05) is 48.5 Å². The van der Waals surface area contributed by atoms with E-state index in [2.05, 4.69) is 0 Å². The van der Waals surface area contributed by atoms with Crippen molar-refractivity contribution < 1.29 is 13.9 Å². The number of hydrogen-bond acceptors (Lipinski definition) is 2. The van der Waals surface area contributed by atoms with Gasteiger partial charge in [-0.05, 0) is 17.7 Å². The van der Waals surface area contributed by atoms with Crippen LogP contribution in [0.2, 0.25) is 0 Å². The number of halogens is 1. The summed E-state index contributed by atoms with van der Waals surface area (Å²) in [4.78, 5) is 11.4. The van der Waals surface area contributed by atoms with Crippen LogP contribution in [0.5, 0.6) is 5.75 Å². The van der Waals surface area contributed by atoms with Gasteiger partial charge in [0.2, 0.25) is 0 Å². The van der Waals surface area contributed by atoms with Crippen LogP contribution in [0, 0.1) is 0 Å². The maximum absolute atomic E-state index is 14.6. The second kappa shape index (κ2) is 5.52. The molecule has 0 spiro atoms. The molecular weight excluding hydrogens is 245 g/mol. The Labute approximate surface area is 110 Å². The first-order valence-electron chi connectivity index (χ1n) is 5.87.